The highest BCUT2D eigenvalue weighted by Crippen LogP contribution is 2.34. The van der Waals surface area contributed by atoms with E-state index in [0.717, 1.165) is 25.7 Å². The minimum atomic E-state index is -4.31. The zero-order chi connectivity index (χ0) is 12.9. The lowest BCUT2D eigenvalue weighted by Crippen LogP contribution is -2.44. The van der Waals surface area contributed by atoms with E-state index in [4.69, 9.17) is 10.5 Å². The largest absolute Gasteiger partial charge is 0.411 e. The molecule has 6 heteroatoms. The van der Waals surface area contributed by atoms with Crippen LogP contribution >= 0.6 is 0 Å². The molecular formula is C11H20F3NO2. The molecule has 0 unspecified atom stereocenters. The first-order chi connectivity index (χ1) is 7.87. The Morgan fingerprint density at radius 2 is 1.88 bits per heavy atom. The Balaban J connectivity index is 2.27. The summed E-state index contributed by atoms with van der Waals surface area (Å²) >= 11 is 0. The lowest BCUT2D eigenvalue weighted by atomic mass is 9.79. The van der Waals surface area contributed by atoms with E-state index in [9.17, 15) is 13.2 Å². The summed E-state index contributed by atoms with van der Waals surface area (Å²) < 4.78 is 45.4. The molecule has 0 radical (unpaired) electrons. The highest BCUT2D eigenvalue weighted by atomic mass is 19.4. The lowest BCUT2D eigenvalue weighted by molar-refractivity contribution is -0.219. The summed E-state index contributed by atoms with van der Waals surface area (Å²) in [5.74, 6) is 0.634. The number of nitrogens with two attached hydrogens (primary N) is 1. The van der Waals surface area contributed by atoms with Gasteiger partial charge < -0.3 is 15.2 Å². The number of rotatable bonds is 5. The van der Waals surface area contributed by atoms with E-state index in [1.165, 1.54) is 0 Å². The van der Waals surface area contributed by atoms with Gasteiger partial charge in [0, 0.05) is 6.54 Å². The van der Waals surface area contributed by atoms with Crippen molar-refractivity contribution >= 4 is 0 Å². The first-order valence-electron chi connectivity index (χ1n) is 5.85. The molecule has 1 aliphatic carbocycles. The topological polar surface area (TPSA) is 44.5 Å². The second kappa shape index (κ2) is 6.02. The Labute approximate surface area is 99.4 Å². The Morgan fingerprint density at radius 1 is 1.29 bits per heavy atom. The fraction of sp³-hybridized carbons (Fsp3) is 1.00. The van der Waals surface area contributed by atoms with Crippen molar-refractivity contribution < 1.29 is 22.6 Å². The Morgan fingerprint density at radius 3 is 2.35 bits per heavy atom. The van der Waals surface area contributed by atoms with Crippen LogP contribution in [-0.4, -0.2) is 31.7 Å². The molecule has 1 fully saturated rings. The molecule has 0 heterocycles. The molecule has 17 heavy (non-hydrogen) atoms. The van der Waals surface area contributed by atoms with Crippen LogP contribution in [0.15, 0.2) is 0 Å². The molecule has 0 amide bonds. The van der Waals surface area contributed by atoms with Gasteiger partial charge in [0.25, 0.3) is 0 Å². The fourth-order valence-electron chi connectivity index (χ4n) is 2.02. The van der Waals surface area contributed by atoms with E-state index in [2.05, 4.69) is 11.7 Å². The molecule has 0 spiro atoms. The lowest BCUT2D eigenvalue weighted by Gasteiger charge is -2.38. The Hall–Kier alpha value is -0.330. The minimum Gasteiger partial charge on any atom is -0.348 e. The van der Waals surface area contributed by atoms with Crippen LogP contribution in [0.4, 0.5) is 13.2 Å². The summed E-state index contributed by atoms with van der Waals surface area (Å²) in [6, 6.07) is 0. The van der Waals surface area contributed by atoms with Gasteiger partial charge in [-0.2, -0.15) is 13.2 Å². The molecule has 0 saturated heterocycles. The molecule has 0 atom stereocenters. The molecule has 0 aromatic carbocycles. The standard InChI is InChI=1S/C11H20F3NO2/c1-9-2-4-10(6-15,5-3-9)17-8-16-7-11(12,13)14/h9H,2-8,15H2,1H3. The third-order valence-electron chi connectivity index (χ3n) is 3.27. The minimum absolute atomic E-state index is 0.328. The van der Waals surface area contributed by atoms with Crippen LogP contribution in [-0.2, 0) is 9.47 Å². The summed E-state index contributed by atoms with van der Waals surface area (Å²) in [5.41, 5.74) is 5.16. The molecule has 2 N–H and O–H groups in total. The van der Waals surface area contributed by atoms with Crippen molar-refractivity contribution in [1.29, 1.82) is 0 Å². The molecule has 0 aromatic heterocycles. The number of hydrogen-bond donors (Lipinski definition) is 1. The predicted molar refractivity (Wildman–Crippen MR) is 57.4 cm³/mol. The van der Waals surface area contributed by atoms with Crippen LogP contribution in [0.25, 0.3) is 0 Å². The Bertz CT molecular complexity index is 225. The van der Waals surface area contributed by atoms with Gasteiger partial charge in [-0.3, -0.25) is 0 Å². The highest BCUT2D eigenvalue weighted by Gasteiger charge is 2.34. The van der Waals surface area contributed by atoms with Gasteiger partial charge in [-0.05, 0) is 31.6 Å². The van der Waals surface area contributed by atoms with Gasteiger partial charge in [0.05, 0.1) is 5.60 Å². The van der Waals surface area contributed by atoms with Crippen LogP contribution in [0.1, 0.15) is 32.6 Å². The molecule has 1 rings (SSSR count). The quantitative estimate of drug-likeness (QED) is 0.606. The maximum atomic E-state index is 11.8. The zero-order valence-corrected chi connectivity index (χ0v) is 10.1. The molecular weight excluding hydrogens is 235 g/mol. The smallest absolute Gasteiger partial charge is 0.348 e. The molecule has 0 aliphatic heterocycles. The Kier molecular flexibility index (Phi) is 5.22. The van der Waals surface area contributed by atoms with Crippen LogP contribution < -0.4 is 5.73 Å². The second-order valence-electron chi connectivity index (χ2n) is 4.80. The van der Waals surface area contributed by atoms with E-state index in [1.807, 2.05) is 0 Å². The third-order valence-corrected chi connectivity index (χ3v) is 3.27. The van der Waals surface area contributed by atoms with Gasteiger partial charge in [0.15, 0.2) is 0 Å². The van der Waals surface area contributed by atoms with Crippen molar-refractivity contribution in [2.24, 2.45) is 11.7 Å². The van der Waals surface area contributed by atoms with E-state index >= 15 is 0 Å². The molecule has 1 saturated carbocycles. The maximum absolute atomic E-state index is 11.8. The van der Waals surface area contributed by atoms with Crippen LogP contribution in [0.3, 0.4) is 0 Å². The number of ether oxygens (including phenoxy) is 2. The highest BCUT2D eigenvalue weighted by molar-refractivity contribution is 4.87. The van der Waals surface area contributed by atoms with Crippen molar-refractivity contribution in [3.63, 3.8) is 0 Å². The third kappa shape index (κ3) is 5.23. The van der Waals surface area contributed by atoms with Crippen LogP contribution in [0, 0.1) is 5.92 Å². The average molecular weight is 255 g/mol. The van der Waals surface area contributed by atoms with Gasteiger partial charge >= 0.3 is 6.18 Å². The number of hydrogen-bond acceptors (Lipinski definition) is 3. The summed E-state index contributed by atoms with van der Waals surface area (Å²) in [4.78, 5) is 0. The van der Waals surface area contributed by atoms with Crippen LogP contribution in [0.5, 0.6) is 0 Å². The normalized spacial score (nSPS) is 30.5. The van der Waals surface area contributed by atoms with E-state index < -0.39 is 18.4 Å². The predicted octanol–water partition coefficient (Wildman–Crippen LogP) is 2.45. The van der Waals surface area contributed by atoms with E-state index in [1.54, 1.807) is 0 Å². The summed E-state index contributed by atoms with van der Waals surface area (Å²) in [6.45, 7) is 0.866. The van der Waals surface area contributed by atoms with Crippen molar-refractivity contribution in [3.05, 3.63) is 0 Å². The molecule has 102 valence electrons. The zero-order valence-electron chi connectivity index (χ0n) is 10.1. The summed E-state index contributed by atoms with van der Waals surface area (Å²) in [5, 5.41) is 0. The molecule has 3 nitrogen and oxygen atoms in total. The summed E-state index contributed by atoms with van der Waals surface area (Å²) in [7, 11) is 0. The monoisotopic (exact) mass is 255 g/mol. The van der Waals surface area contributed by atoms with Gasteiger partial charge in [0.1, 0.15) is 13.4 Å². The first kappa shape index (κ1) is 14.7. The SMILES string of the molecule is CC1CCC(CN)(OCOCC(F)(F)F)CC1. The average Bonchev–Trinajstić information content (AvgIpc) is 2.26. The maximum Gasteiger partial charge on any atom is 0.411 e. The molecule has 0 aromatic rings. The van der Waals surface area contributed by atoms with E-state index in [-0.39, 0.29) is 6.79 Å². The van der Waals surface area contributed by atoms with Gasteiger partial charge in [-0.25, -0.2) is 0 Å². The van der Waals surface area contributed by atoms with Crippen molar-refractivity contribution in [3.8, 4) is 0 Å². The van der Waals surface area contributed by atoms with Crippen molar-refractivity contribution in [2.45, 2.75) is 44.4 Å². The van der Waals surface area contributed by atoms with Gasteiger partial charge in [0.2, 0.25) is 0 Å². The number of alkyl halides is 3. The second-order valence-corrected chi connectivity index (χ2v) is 4.80. The van der Waals surface area contributed by atoms with Crippen molar-refractivity contribution in [2.75, 3.05) is 19.9 Å². The first-order valence-corrected chi connectivity index (χ1v) is 5.85. The number of halogens is 3. The van der Waals surface area contributed by atoms with E-state index in [0.29, 0.717) is 12.5 Å². The van der Waals surface area contributed by atoms with Gasteiger partial charge in [-0.15, -0.1) is 0 Å². The molecule has 1 aliphatic rings. The van der Waals surface area contributed by atoms with Gasteiger partial charge in [-0.1, -0.05) is 6.92 Å². The summed E-state index contributed by atoms with van der Waals surface area (Å²) in [6.07, 6.45) is -0.729. The van der Waals surface area contributed by atoms with Crippen molar-refractivity contribution in [1.82, 2.24) is 0 Å². The fourth-order valence-corrected chi connectivity index (χ4v) is 2.02. The molecule has 0 bridgehead atoms. The van der Waals surface area contributed by atoms with Crippen LogP contribution in [0.2, 0.25) is 0 Å².